The van der Waals surface area contributed by atoms with E-state index in [2.05, 4.69) is 20.5 Å². The van der Waals surface area contributed by atoms with Gasteiger partial charge in [0, 0.05) is 31.6 Å². The van der Waals surface area contributed by atoms with Crippen LogP contribution in [-0.2, 0) is 4.74 Å². The number of anilines is 3. The van der Waals surface area contributed by atoms with Crippen LogP contribution in [0.5, 0.6) is 0 Å². The maximum atomic E-state index is 13.3. The second-order valence-electron chi connectivity index (χ2n) is 9.74. The molecule has 0 bridgehead atoms. The van der Waals surface area contributed by atoms with Gasteiger partial charge in [0.1, 0.15) is 28.5 Å². The first-order valence-electron chi connectivity index (χ1n) is 11.6. The van der Waals surface area contributed by atoms with Crippen molar-refractivity contribution in [2.24, 2.45) is 0 Å². The number of carbonyl (C=O) groups excluding carboxylic acids is 1. The highest BCUT2D eigenvalue weighted by Gasteiger charge is 2.26. The molecule has 0 aromatic carbocycles. The molecule has 0 unspecified atom stereocenters. The average Bonchev–Trinajstić information content (AvgIpc) is 3.39. The molecule has 13 nitrogen and oxygen atoms in total. The van der Waals surface area contributed by atoms with Gasteiger partial charge in [-0.1, -0.05) is 0 Å². The highest BCUT2D eigenvalue weighted by molar-refractivity contribution is 5.95. The van der Waals surface area contributed by atoms with Gasteiger partial charge in [-0.3, -0.25) is 18.9 Å². The predicted molar refractivity (Wildman–Crippen MR) is 134 cm³/mol. The number of rotatable bonds is 6. The van der Waals surface area contributed by atoms with Crippen LogP contribution in [0.2, 0.25) is 0 Å². The highest BCUT2D eigenvalue weighted by atomic mass is 16.6. The molecule has 0 spiro atoms. The van der Waals surface area contributed by atoms with E-state index in [1.165, 1.54) is 27.1 Å². The van der Waals surface area contributed by atoms with Crippen molar-refractivity contribution < 1.29 is 19.4 Å². The number of amides is 1. The third kappa shape index (κ3) is 4.75. The van der Waals surface area contributed by atoms with Crippen LogP contribution in [0.3, 0.4) is 0 Å². The van der Waals surface area contributed by atoms with E-state index in [4.69, 9.17) is 4.74 Å². The molecule has 0 atom stereocenters. The first kappa shape index (κ1) is 24.0. The lowest BCUT2D eigenvalue weighted by molar-refractivity contribution is 0.0587. The third-order valence-electron chi connectivity index (χ3n) is 5.67. The Balaban J connectivity index is 1.54. The zero-order valence-electron chi connectivity index (χ0n) is 20.7. The Morgan fingerprint density at radius 1 is 1.22 bits per heavy atom. The van der Waals surface area contributed by atoms with Crippen LogP contribution >= 0.6 is 0 Å². The second-order valence-corrected chi connectivity index (χ2v) is 9.74. The molecule has 5 rings (SSSR count). The van der Waals surface area contributed by atoms with Gasteiger partial charge in [0.15, 0.2) is 11.5 Å². The molecule has 1 saturated carbocycles. The molecular formula is C24H26N8O5. The van der Waals surface area contributed by atoms with E-state index in [-0.39, 0.29) is 34.1 Å². The lowest BCUT2D eigenvalue weighted by Crippen LogP contribution is -2.35. The highest BCUT2D eigenvalue weighted by Crippen LogP contribution is 2.34. The summed E-state index contributed by atoms with van der Waals surface area (Å²) in [5, 5.41) is 21.2. The summed E-state index contributed by atoms with van der Waals surface area (Å²) in [6, 6.07) is 6.89. The number of carboxylic acids is 1. The van der Waals surface area contributed by atoms with Crippen LogP contribution in [0.1, 0.15) is 50.0 Å². The fraction of sp³-hybridized carbons (Fsp3) is 0.333. The lowest BCUT2D eigenvalue weighted by Gasteiger charge is -2.25. The Hall–Kier alpha value is -4.68. The number of hydrogen-bond donors (Lipinski definition) is 2. The number of pyridine rings is 1. The van der Waals surface area contributed by atoms with Crippen LogP contribution in [0.25, 0.3) is 11.5 Å². The molecule has 37 heavy (non-hydrogen) atoms. The van der Waals surface area contributed by atoms with Crippen molar-refractivity contribution in [3.63, 3.8) is 0 Å². The van der Waals surface area contributed by atoms with E-state index >= 15 is 0 Å². The number of ether oxygens (including phenoxy) is 1. The minimum absolute atomic E-state index is 0.0117. The summed E-state index contributed by atoms with van der Waals surface area (Å²) in [7, 11) is 1.47. The van der Waals surface area contributed by atoms with Crippen molar-refractivity contribution in [1.82, 2.24) is 28.9 Å². The van der Waals surface area contributed by atoms with E-state index in [9.17, 15) is 19.5 Å². The van der Waals surface area contributed by atoms with Crippen molar-refractivity contribution in [3.05, 3.63) is 58.8 Å². The Bertz CT molecular complexity index is 1570. The number of nitrogens with zero attached hydrogens (tertiary/aromatic N) is 7. The van der Waals surface area contributed by atoms with Gasteiger partial charge < -0.3 is 15.2 Å². The van der Waals surface area contributed by atoms with Crippen LogP contribution in [0.15, 0.2) is 47.7 Å². The van der Waals surface area contributed by atoms with E-state index < -0.39 is 17.7 Å². The molecule has 192 valence electrons. The Morgan fingerprint density at radius 2 is 1.97 bits per heavy atom. The summed E-state index contributed by atoms with van der Waals surface area (Å²) in [6.07, 6.45) is 6.07. The zero-order chi connectivity index (χ0) is 26.5. The zero-order valence-corrected chi connectivity index (χ0v) is 20.7. The van der Waals surface area contributed by atoms with E-state index in [0.717, 1.165) is 19.0 Å². The number of aromatic carboxylic acids is 1. The Kier molecular flexibility index (Phi) is 5.69. The van der Waals surface area contributed by atoms with Gasteiger partial charge in [0.05, 0.1) is 12.2 Å². The van der Waals surface area contributed by atoms with Crippen molar-refractivity contribution >= 4 is 35.0 Å². The molecule has 4 heterocycles. The third-order valence-corrected chi connectivity index (χ3v) is 5.67. The number of hydrogen-bond acceptors (Lipinski definition) is 8. The van der Waals surface area contributed by atoms with Gasteiger partial charge in [0.2, 0.25) is 0 Å². The lowest BCUT2D eigenvalue weighted by atomic mass is 10.2. The molecule has 1 fully saturated rings. The van der Waals surface area contributed by atoms with Crippen LogP contribution < -0.4 is 15.8 Å². The molecule has 0 saturated heterocycles. The molecule has 2 N–H and O–H groups in total. The fourth-order valence-electron chi connectivity index (χ4n) is 3.73. The molecule has 13 heteroatoms. The Labute approximate surface area is 210 Å². The molecule has 1 amide bonds. The number of carboxylic acid groups (broad SMARTS) is 1. The summed E-state index contributed by atoms with van der Waals surface area (Å²) >= 11 is 0. The van der Waals surface area contributed by atoms with Gasteiger partial charge in [0.25, 0.3) is 5.56 Å². The SMILES string of the molecule is CN(C(=O)OC(C)(C)C)c1cc(Nc2cccn(-c3ccn(C4CC4)n3)c2=O)nc2c(C(=O)O)cnn12. The number of fused-ring (bicyclic) bond motifs is 1. The van der Waals surface area contributed by atoms with E-state index in [1.54, 1.807) is 45.2 Å². The number of carbonyl (C=O) groups is 2. The van der Waals surface area contributed by atoms with Crippen LogP contribution in [-0.4, -0.2) is 58.8 Å². The Morgan fingerprint density at radius 3 is 2.65 bits per heavy atom. The normalized spacial score (nSPS) is 13.5. The summed E-state index contributed by atoms with van der Waals surface area (Å²) in [5.74, 6) is -0.426. The maximum Gasteiger partial charge on any atom is 0.415 e. The van der Waals surface area contributed by atoms with Crippen molar-refractivity contribution in [3.8, 4) is 5.82 Å². The first-order valence-corrected chi connectivity index (χ1v) is 11.6. The molecule has 1 aliphatic carbocycles. The molecule has 4 aromatic rings. The quantitative estimate of drug-likeness (QED) is 0.402. The molecular weight excluding hydrogens is 480 g/mol. The van der Waals surface area contributed by atoms with Crippen molar-refractivity contribution in [2.75, 3.05) is 17.3 Å². The molecule has 4 aromatic heterocycles. The summed E-state index contributed by atoms with van der Waals surface area (Å²) in [4.78, 5) is 43.4. The average molecular weight is 507 g/mol. The molecule has 0 radical (unpaired) electrons. The van der Waals surface area contributed by atoms with Gasteiger partial charge in [-0.05, 0) is 45.7 Å². The van der Waals surface area contributed by atoms with Crippen LogP contribution in [0.4, 0.5) is 22.1 Å². The smallest absolute Gasteiger partial charge is 0.415 e. The predicted octanol–water partition coefficient (Wildman–Crippen LogP) is 3.22. The minimum atomic E-state index is -1.24. The fourth-order valence-corrected chi connectivity index (χ4v) is 3.73. The molecule has 1 aliphatic rings. The van der Waals surface area contributed by atoms with Gasteiger partial charge in [-0.2, -0.15) is 14.7 Å². The summed E-state index contributed by atoms with van der Waals surface area (Å²) < 4.78 is 9.94. The van der Waals surface area contributed by atoms with Gasteiger partial charge in [-0.15, -0.1) is 0 Å². The number of aromatic nitrogens is 6. The molecule has 0 aliphatic heterocycles. The topological polar surface area (TPSA) is 149 Å². The van der Waals surface area contributed by atoms with Crippen LogP contribution in [0, 0.1) is 0 Å². The standard InChI is InChI=1S/C24H26N8O5/c1-24(2,3)37-23(36)29(4)19-12-17(27-20-15(22(34)35)13-25-32(19)20)26-16-6-5-10-30(21(16)33)18-9-11-31(28-18)14-7-8-14/h5-6,9-14H,7-8H2,1-4H3,(H,26,27)(H,34,35). The van der Waals surface area contributed by atoms with E-state index in [0.29, 0.717) is 11.9 Å². The van der Waals surface area contributed by atoms with Crippen molar-refractivity contribution in [2.45, 2.75) is 45.3 Å². The van der Waals surface area contributed by atoms with Gasteiger partial charge in [-0.25, -0.2) is 14.6 Å². The van der Waals surface area contributed by atoms with E-state index in [1.807, 2.05) is 10.9 Å². The summed E-state index contributed by atoms with van der Waals surface area (Å²) in [5.41, 5.74) is -1.13. The second kappa shape index (κ2) is 8.76. The summed E-state index contributed by atoms with van der Waals surface area (Å²) in [6.45, 7) is 5.20. The van der Waals surface area contributed by atoms with Gasteiger partial charge >= 0.3 is 12.1 Å². The largest absolute Gasteiger partial charge is 0.477 e. The number of nitrogens with one attached hydrogen (secondary N) is 1. The monoisotopic (exact) mass is 506 g/mol. The van der Waals surface area contributed by atoms with Crippen molar-refractivity contribution in [1.29, 1.82) is 0 Å². The minimum Gasteiger partial charge on any atom is -0.477 e. The first-order chi connectivity index (χ1) is 17.5. The maximum absolute atomic E-state index is 13.3.